The molecule has 0 saturated heterocycles. The quantitative estimate of drug-likeness (QED) is 0.897. The van der Waals surface area contributed by atoms with Crippen LogP contribution in [0.3, 0.4) is 0 Å². The van der Waals surface area contributed by atoms with Gasteiger partial charge in [0.25, 0.3) is 0 Å². The average molecular weight is 287 g/mol. The number of carboxylic acid groups (broad SMARTS) is 1. The maximum absolute atomic E-state index is 11.1. The van der Waals surface area contributed by atoms with Gasteiger partial charge in [0.05, 0.1) is 0 Å². The van der Waals surface area contributed by atoms with E-state index in [0.29, 0.717) is 5.82 Å². The topological polar surface area (TPSA) is 62.2 Å². The fourth-order valence-electron chi connectivity index (χ4n) is 1.26. The lowest BCUT2D eigenvalue weighted by atomic mass is 9.87. The molecule has 0 spiro atoms. The molecule has 5 heteroatoms. The molecule has 0 saturated carbocycles. The van der Waals surface area contributed by atoms with Gasteiger partial charge in [-0.05, 0) is 33.5 Å². The molecule has 0 radical (unpaired) electrons. The molecule has 0 fully saturated rings. The van der Waals surface area contributed by atoms with Crippen molar-refractivity contribution in [2.24, 2.45) is 5.41 Å². The second-order valence-electron chi connectivity index (χ2n) is 4.64. The number of rotatable bonds is 3. The van der Waals surface area contributed by atoms with Crippen molar-refractivity contribution in [1.29, 1.82) is 0 Å². The number of nitrogens with one attached hydrogen (secondary N) is 1. The van der Waals surface area contributed by atoms with Gasteiger partial charge in [-0.1, -0.05) is 20.8 Å². The summed E-state index contributed by atoms with van der Waals surface area (Å²) >= 11 is 3.27. The summed E-state index contributed by atoms with van der Waals surface area (Å²) in [6.45, 7) is 5.62. The highest BCUT2D eigenvalue weighted by atomic mass is 79.9. The molecule has 0 aliphatic carbocycles. The zero-order valence-corrected chi connectivity index (χ0v) is 11.1. The highest BCUT2D eigenvalue weighted by molar-refractivity contribution is 9.10. The summed E-state index contributed by atoms with van der Waals surface area (Å²) in [6.07, 6.45) is 1.63. The maximum Gasteiger partial charge on any atom is 0.326 e. The van der Waals surface area contributed by atoms with Crippen LogP contribution in [0.4, 0.5) is 5.82 Å². The second kappa shape index (κ2) is 4.82. The lowest BCUT2D eigenvalue weighted by Crippen LogP contribution is -2.41. The van der Waals surface area contributed by atoms with Crippen molar-refractivity contribution >= 4 is 27.7 Å². The van der Waals surface area contributed by atoms with Crippen molar-refractivity contribution in [3.63, 3.8) is 0 Å². The Kier molecular flexibility index (Phi) is 3.91. The van der Waals surface area contributed by atoms with Crippen LogP contribution in [0, 0.1) is 5.41 Å². The molecular weight excluding hydrogens is 272 g/mol. The minimum atomic E-state index is -0.878. The van der Waals surface area contributed by atoms with Crippen molar-refractivity contribution in [3.05, 3.63) is 22.8 Å². The second-order valence-corrected chi connectivity index (χ2v) is 5.56. The third kappa shape index (κ3) is 3.48. The molecule has 0 bridgehead atoms. The highest BCUT2D eigenvalue weighted by Crippen LogP contribution is 2.23. The SMILES string of the molecule is CC(C)(C)C(Nc1ccc(Br)cn1)C(=O)O. The summed E-state index contributed by atoms with van der Waals surface area (Å²) in [7, 11) is 0. The lowest BCUT2D eigenvalue weighted by molar-refractivity contribution is -0.140. The molecule has 16 heavy (non-hydrogen) atoms. The number of aliphatic carboxylic acids is 1. The molecule has 1 heterocycles. The van der Waals surface area contributed by atoms with Crippen molar-refractivity contribution in [2.45, 2.75) is 26.8 Å². The zero-order chi connectivity index (χ0) is 12.3. The molecule has 0 aliphatic rings. The van der Waals surface area contributed by atoms with Gasteiger partial charge >= 0.3 is 5.97 Å². The van der Waals surface area contributed by atoms with Crippen molar-refractivity contribution < 1.29 is 9.90 Å². The Bertz CT molecular complexity index is 371. The normalized spacial score (nSPS) is 13.2. The number of hydrogen-bond donors (Lipinski definition) is 2. The Hall–Kier alpha value is -1.10. The molecule has 1 rings (SSSR count). The Morgan fingerprint density at radius 2 is 2.12 bits per heavy atom. The molecule has 1 aromatic heterocycles. The van der Waals surface area contributed by atoms with E-state index in [9.17, 15) is 4.79 Å². The van der Waals surface area contributed by atoms with Gasteiger partial charge in [0.2, 0.25) is 0 Å². The van der Waals surface area contributed by atoms with Crippen LogP contribution in [0.2, 0.25) is 0 Å². The number of carboxylic acids is 1. The molecule has 1 aromatic rings. The van der Waals surface area contributed by atoms with Gasteiger partial charge in [0.1, 0.15) is 11.9 Å². The van der Waals surface area contributed by atoms with Crippen LogP contribution in [0.1, 0.15) is 20.8 Å². The van der Waals surface area contributed by atoms with Crippen LogP contribution in [0.25, 0.3) is 0 Å². The number of aromatic nitrogens is 1. The summed E-state index contributed by atoms with van der Waals surface area (Å²) in [5, 5.41) is 12.0. The van der Waals surface area contributed by atoms with Gasteiger partial charge < -0.3 is 10.4 Å². The minimum Gasteiger partial charge on any atom is -0.480 e. The van der Waals surface area contributed by atoms with E-state index in [2.05, 4.69) is 26.2 Å². The predicted molar refractivity (Wildman–Crippen MR) is 66.4 cm³/mol. The van der Waals surface area contributed by atoms with E-state index in [4.69, 9.17) is 5.11 Å². The third-order valence-electron chi connectivity index (χ3n) is 2.13. The highest BCUT2D eigenvalue weighted by Gasteiger charge is 2.31. The Morgan fingerprint density at radius 1 is 1.50 bits per heavy atom. The number of anilines is 1. The molecule has 1 unspecified atom stereocenters. The van der Waals surface area contributed by atoms with E-state index >= 15 is 0 Å². The van der Waals surface area contributed by atoms with E-state index in [-0.39, 0.29) is 5.41 Å². The number of pyridine rings is 1. The zero-order valence-electron chi connectivity index (χ0n) is 9.49. The van der Waals surface area contributed by atoms with Crippen LogP contribution in [-0.4, -0.2) is 22.1 Å². The first-order valence-corrected chi connectivity index (χ1v) is 5.71. The van der Waals surface area contributed by atoms with E-state index in [1.165, 1.54) is 0 Å². The smallest absolute Gasteiger partial charge is 0.326 e. The van der Waals surface area contributed by atoms with E-state index in [1.54, 1.807) is 12.3 Å². The van der Waals surface area contributed by atoms with E-state index in [1.807, 2.05) is 26.8 Å². The fraction of sp³-hybridized carbons (Fsp3) is 0.455. The Labute approximate surface area is 103 Å². The predicted octanol–water partition coefficient (Wildman–Crippen LogP) is 2.76. The van der Waals surface area contributed by atoms with Crippen molar-refractivity contribution in [1.82, 2.24) is 4.98 Å². The first-order valence-electron chi connectivity index (χ1n) is 4.91. The number of hydrogen-bond acceptors (Lipinski definition) is 3. The van der Waals surface area contributed by atoms with E-state index < -0.39 is 12.0 Å². The van der Waals surface area contributed by atoms with Gasteiger partial charge in [0.15, 0.2) is 0 Å². The van der Waals surface area contributed by atoms with Crippen molar-refractivity contribution in [2.75, 3.05) is 5.32 Å². The van der Waals surface area contributed by atoms with Gasteiger partial charge in [0, 0.05) is 10.7 Å². The van der Waals surface area contributed by atoms with Crippen LogP contribution < -0.4 is 5.32 Å². The van der Waals surface area contributed by atoms with Crippen LogP contribution in [0.15, 0.2) is 22.8 Å². The van der Waals surface area contributed by atoms with Gasteiger partial charge in [-0.15, -0.1) is 0 Å². The maximum atomic E-state index is 11.1. The fourth-order valence-corrected chi connectivity index (χ4v) is 1.49. The summed E-state index contributed by atoms with van der Waals surface area (Å²) in [4.78, 5) is 15.2. The van der Waals surface area contributed by atoms with Gasteiger partial charge in [-0.3, -0.25) is 0 Å². The number of halogens is 1. The monoisotopic (exact) mass is 286 g/mol. The van der Waals surface area contributed by atoms with Gasteiger partial charge in [-0.2, -0.15) is 0 Å². The number of nitrogens with zero attached hydrogens (tertiary/aromatic N) is 1. The Morgan fingerprint density at radius 3 is 2.50 bits per heavy atom. The van der Waals surface area contributed by atoms with Crippen molar-refractivity contribution in [3.8, 4) is 0 Å². The molecular formula is C11H15BrN2O2. The molecule has 4 nitrogen and oxygen atoms in total. The molecule has 2 N–H and O–H groups in total. The first-order chi connectivity index (χ1) is 7.30. The summed E-state index contributed by atoms with van der Waals surface area (Å²) in [5.74, 6) is -0.317. The largest absolute Gasteiger partial charge is 0.480 e. The standard InChI is InChI=1S/C11H15BrN2O2/c1-11(2,3)9(10(15)16)14-8-5-4-7(12)6-13-8/h4-6,9H,1-3H3,(H,13,14)(H,15,16). The first kappa shape index (κ1) is 13.0. The third-order valence-corrected chi connectivity index (χ3v) is 2.60. The molecule has 1 atom stereocenters. The van der Waals surface area contributed by atoms with Crippen LogP contribution in [0.5, 0.6) is 0 Å². The summed E-state index contributed by atoms with van der Waals surface area (Å²) < 4.78 is 0.862. The average Bonchev–Trinajstić information content (AvgIpc) is 2.14. The van der Waals surface area contributed by atoms with Crippen LogP contribution in [-0.2, 0) is 4.79 Å². The molecule has 0 amide bonds. The summed E-state index contributed by atoms with van der Waals surface area (Å²) in [6, 6.07) is 2.89. The molecule has 0 aromatic carbocycles. The summed E-state index contributed by atoms with van der Waals surface area (Å²) in [5.41, 5.74) is -0.374. The number of carbonyl (C=O) groups is 1. The van der Waals surface area contributed by atoms with Gasteiger partial charge in [-0.25, -0.2) is 9.78 Å². The minimum absolute atomic E-state index is 0.374. The lowest BCUT2D eigenvalue weighted by Gasteiger charge is -2.28. The molecule has 88 valence electrons. The Balaban J connectivity index is 2.84. The van der Waals surface area contributed by atoms with E-state index in [0.717, 1.165) is 4.47 Å². The van der Waals surface area contributed by atoms with Crippen LogP contribution >= 0.6 is 15.9 Å². The molecule has 0 aliphatic heterocycles.